The van der Waals surface area contributed by atoms with Crippen molar-refractivity contribution in [3.8, 4) is 11.5 Å². The van der Waals surface area contributed by atoms with Crippen LogP contribution in [-0.2, 0) is 13.0 Å². The predicted octanol–water partition coefficient (Wildman–Crippen LogP) is 4.36. The molecule has 0 radical (unpaired) electrons. The molecule has 2 aromatic rings. The Morgan fingerprint density at radius 3 is 2.57 bits per heavy atom. The van der Waals surface area contributed by atoms with E-state index in [0.29, 0.717) is 17.4 Å². The van der Waals surface area contributed by atoms with Crippen LogP contribution in [0.15, 0.2) is 42.5 Å². The van der Waals surface area contributed by atoms with Gasteiger partial charge in [0.15, 0.2) is 17.3 Å². The molecule has 2 unspecified atom stereocenters. The molecule has 2 aromatic carbocycles. The summed E-state index contributed by atoms with van der Waals surface area (Å²) in [6.45, 7) is 3.24. The van der Waals surface area contributed by atoms with Gasteiger partial charge in [0, 0.05) is 24.6 Å². The van der Waals surface area contributed by atoms with Gasteiger partial charge in [-0.1, -0.05) is 30.3 Å². The number of Topliss-reactive ketones (excluding diaryl/α,β-unsaturated/α-hetero) is 1. The third-order valence-electron chi connectivity index (χ3n) is 6.18. The normalized spacial score (nSPS) is 22.1. The van der Waals surface area contributed by atoms with Crippen molar-refractivity contribution >= 4 is 5.78 Å². The number of ether oxygens (including phenoxy) is 2. The molecular formula is C24H29NO3. The zero-order valence-electron chi connectivity index (χ0n) is 16.8. The summed E-state index contributed by atoms with van der Waals surface area (Å²) < 4.78 is 10.8. The van der Waals surface area contributed by atoms with E-state index in [9.17, 15) is 4.79 Å². The van der Waals surface area contributed by atoms with Gasteiger partial charge in [-0.2, -0.15) is 0 Å². The number of likely N-dealkylation sites (tertiary alicyclic amines) is 1. The summed E-state index contributed by atoms with van der Waals surface area (Å²) >= 11 is 0. The highest BCUT2D eigenvalue weighted by Crippen LogP contribution is 2.39. The number of carbonyl (C=O) groups excluding carboxylic acids is 1. The Balaban J connectivity index is 1.41. The highest BCUT2D eigenvalue weighted by molar-refractivity contribution is 6.02. The topological polar surface area (TPSA) is 38.8 Å². The van der Waals surface area contributed by atoms with Crippen LogP contribution in [0.3, 0.4) is 0 Å². The van der Waals surface area contributed by atoms with Crippen molar-refractivity contribution < 1.29 is 14.3 Å². The first-order chi connectivity index (χ1) is 13.7. The zero-order chi connectivity index (χ0) is 19.5. The summed E-state index contributed by atoms with van der Waals surface area (Å²) in [5.74, 6) is 2.30. The van der Waals surface area contributed by atoms with Gasteiger partial charge < -0.3 is 9.47 Å². The van der Waals surface area contributed by atoms with E-state index in [4.69, 9.17) is 9.47 Å². The van der Waals surface area contributed by atoms with E-state index in [2.05, 4.69) is 35.2 Å². The van der Waals surface area contributed by atoms with E-state index in [1.54, 1.807) is 14.2 Å². The molecule has 0 amide bonds. The number of carbonyl (C=O) groups is 1. The predicted molar refractivity (Wildman–Crippen MR) is 110 cm³/mol. The summed E-state index contributed by atoms with van der Waals surface area (Å²) in [5, 5.41) is 0. The first-order valence-corrected chi connectivity index (χ1v) is 10.2. The Morgan fingerprint density at radius 2 is 1.82 bits per heavy atom. The van der Waals surface area contributed by atoms with Crippen molar-refractivity contribution in [3.63, 3.8) is 0 Å². The molecule has 0 spiro atoms. The first-order valence-electron chi connectivity index (χ1n) is 10.2. The van der Waals surface area contributed by atoms with Gasteiger partial charge in [0.05, 0.1) is 14.2 Å². The van der Waals surface area contributed by atoms with Crippen LogP contribution < -0.4 is 9.47 Å². The number of ketones is 1. The second-order valence-electron chi connectivity index (χ2n) is 8.09. The molecule has 28 heavy (non-hydrogen) atoms. The number of piperidine rings is 1. The Morgan fingerprint density at radius 1 is 1.07 bits per heavy atom. The van der Waals surface area contributed by atoms with Crippen LogP contribution in [-0.4, -0.2) is 38.0 Å². The molecule has 1 fully saturated rings. The van der Waals surface area contributed by atoms with Gasteiger partial charge in [0.1, 0.15) is 0 Å². The molecule has 2 aliphatic rings. The van der Waals surface area contributed by atoms with Gasteiger partial charge in [0.25, 0.3) is 0 Å². The van der Waals surface area contributed by atoms with Crippen molar-refractivity contribution in [2.45, 2.75) is 32.2 Å². The second-order valence-corrected chi connectivity index (χ2v) is 8.09. The van der Waals surface area contributed by atoms with Gasteiger partial charge in [-0.05, 0) is 61.4 Å². The molecule has 0 aromatic heterocycles. The quantitative estimate of drug-likeness (QED) is 0.747. The maximum Gasteiger partial charge on any atom is 0.166 e. The standard InChI is InChI=1S/C24H29NO3/c1-27-22-13-19-12-20(24(26)21(19)14-23(22)28-2)11-18-9-6-10-25(16-18)15-17-7-4-3-5-8-17/h3-5,7-8,13-14,18,20H,6,9-12,15-16H2,1-2H3. The first kappa shape index (κ1) is 19.0. The lowest BCUT2D eigenvalue weighted by atomic mass is 9.86. The number of hydrogen-bond acceptors (Lipinski definition) is 4. The smallest absolute Gasteiger partial charge is 0.166 e. The van der Waals surface area contributed by atoms with E-state index in [-0.39, 0.29) is 11.7 Å². The van der Waals surface area contributed by atoms with Crippen molar-refractivity contribution in [1.29, 1.82) is 0 Å². The Kier molecular flexibility index (Phi) is 5.67. The summed E-state index contributed by atoms with van der Waals surface area (Å²) in [6, 6.07) is 14.5. The molecule has 1 saturated heterocycles. The summed E-state index contributed by atoms with van der Waals surface area (Å²) in [6.07, 6.45) is 4.23. The van der Waals surface area contributed by atoms with Crippen molar-refractivity contribution in [2.75, 3.05) is 27.3 Å². The van der Waals surface area contributed by atoms with Crippen LogP contribution in [0.1, 0.15) is 40.7 Å². The highest BCUT2D eigenvalue weighted by atomic mass is 16.5. The van der Waals surface area contributed by atoms with Crippen LogP contribution in [0.25, 0.3) is 0 Å². The van der Waals surface area contributed by atoms with Crippen molar-refractivity contribution in [1.82, 2.24) is 4.90 Å². The lowest BCUT2D eigenvalue weighted by molar-refractivity contribution is 0.0886. The number of hydrogen-bond donors (Lipinski definition) is 0. The van der Waals surface area contributed by atoms with Gasteiger partial charge in [-0.25, -0.2) is 0 Å². The number of nitrogens with zero attached hydrogens (tertiary/aromatic N) is 1. The molecular weight excluding hydrogens is 350 g/mol. The van der Waals surface area contributed by atoms with E-state index < -0.39 is 0 Å². The molecule has 0 bridgehead atoms. The maximum atomic E-state index is 13.0. The summed E-state index contributed by atoms with van der Waals surface area (Å²) in [4.78, 5) is 15.5. The minimum atomic E-state index is 0.0912. The molecule has 1 aliphatic heterocycles. The van der Waals surface area contributed by atoms with Gasteiger partial charge in [-0.3, -0.25) is 9.69 Å². The van der Waals surface area contributed by atoms with E-state index in [0.717, 1.165) is 43.6 Å². The third-order valence-corrected chi connectivity index (χ3v) is 6.18. The summed E-state index contributed by atoms with van der Waals surface area (Å²) in [7, 11) is 3.26. The fraction of sp³-hybridized carbons (Fsp3) is 0.458. The molecule has 1 aliphatic carbocycles. The van der Waals surface area contributed by atoms with Crippen LogP contribution in [0.2, 0.25) is 0 Å². The molecule has 4 rings (SSSR count). The minimum Gasteiger partial charge on any atom is -0.493 e. The Labute approximate surface area is 167 Å². The lowest BCUT2D eigenvalue weighted by Crippen LogP contribution is -2.36. The zero-order valence-corrected chi connectivity index (χ0v) is 16.8. The van der Waals surface area contributed by atoms with Crippen LogP contribution in [0.5, 0.6) is 11.5 Å². The van der Waals surface area contributed by atoms with Crippen LogP contribution >= 0.6 is 0 Å². The SMILES string of the molecule is COc1cc2c(cc1OC)C(=O)C(CC1CCCN(Cc3ccccc3)C1)C2. The number of fused-ring (bicyclic) bond motifs is 1. The highest BCUT2D eigenvalue weighted by Gasteiger charge is 2.34. The Hall–Kier alpha value is -2.33. The monoisotopic (exact) mass is 379 g/mol. The average molecular weight is 380 g/mol. The fourth-order valence-electron chi connectivity index (χ4n) is 4.82. The number of rotatable bonds is 6. The van der Waals surface area contributed by atoms with Crippen molar-refractivity contribution in [3.05, 3.63) is 59.2 Å². The van der Waals surface area contributed by atoms with Gasteiger partial charge >= 0.3 is 0 Å². The number of benzene rings is 2. The molecule has 0 N–H and O–H groups in total. The molecule has 2 atom stereocenters. The molecule has 4 heteroatoms. The van der Waals surface area contributed by atoms with Gasteiger partial charge in [0.2, 0.25) is 0 Å². The van der Waals surface area contributed by atoms with Crippen LogP contribution in [0.4, 0.5) is 0 Å². The van der Waals surface area contributed by atoms with Crippen molar-refractivity contribution in [2.24, 2.45) is 11.8 Å². The lowest BCUT2D eigenvalue weighted by Gasteiger charge is -2.33. The van der Waals surface area contributed by atoms with E-state index in [1.807, 2.05) is 12.1 Å². The maximum absolute atomic E-state index is 13.0. The molecule has 148 valence electrons. The minimum absolute atomic E-state index is 0.0912. The van der Waals surface area contributed by atoms with Crippen LogP contribution in [0, 0.1) is 11.8 Å². The second kappa shape index (κ2) is 8.36. The van der Waals surface area contributed by atoms with Gasteiger partial charge in [-0.15, -0.1) is 0 Å². The summed E-state index contributed by atoms with van der Waals surface area (Å²) in [5.41, 5.74) is 3.29. The number of methoxy groups -OCH3 is 2. The average Bonchev–Trinajstić information content (AvgIpc) is 3.02. The fourth-order valence-corrected chi connectivity index (χ4v) is 4.82. The largest absolute Gasteiger partial charge is 0.493 e. The molecule has 1 heterocycles. The third kappa shape index (κ3) is 3.93. The Bertz CT molecular complexity index is 833. The van der Waals surface area contributed by atoms with E-state index >= 15 is 0 Å². The van der Waals surface area contributed by atoms with E-state index in [1.165, 1.54) is 18.4 Å². The molecule has 0 saturated carbocycles. The molecule has 4 nitrogen and oxygen atoms in total.